The van der Waals surface area contributed by atoms with Crippen LogP contribution < -0.4 is 5.32 Å². The maximum atomic E-state index is 12.8. The molecule has 1 saturated carbocycles. The molecule has 2 rings (SSSR count). The highest BCUT2D eigenvalue weighted by molar-refractivity contribution is 5.42. The monoisotopic (exact) mass is 208 g/mol. The maximum absolute atomic E-state index is 12.8. The average molecular weight is 208 g/mol. The molecule has 1 aromatic rings. The van der Waals surface area contributed by atoms with Crippen molar-refractivity contribution in [3.8, 4) is 0 Å². The molecule has 1 fully saturated rings. The van der Waals surface area contributed by atoms with Crippen LogP contribution in [0.3, 0.4) is 0 Å². The molecule has 1 atom stereocenters. The molecule has 1 aromatic heterocycles. The van der Waals surface area contributed by atoms with Crippen molar-refractivity contribution in [3.05, 3.63) is 24.3 Å². The minimum Gasteiger partial charge on any atom is -0.382 e. The number of hydrogen-bond donors (Lipinski definition) is 1. The molecule has 0 aliphatic heterocycles. The van der Waals surface area contributed by atoms with Gasteiger partial charge in [-0.1, -0.05) is 19.8 Å². The fourth-order valence-electron chi connectivity index (χ4n) is 1.81. The van der Waals surface area contributed by atoms with E-state index in [0.29, 0.717) is 6.04 Å². The summed E-state index contributed by atoms with van der Waals surface area (Å²) in [5, 5.41) is 3.36. The average Bonchev–Trinajstić information content (AvgIpc) is 3.01. The Morgan fingerprint density at radius 1 is 1.60 bits per heavy atom. The van der Waals surface area contributed by atoms with Gasteiger partial charge >= 0.3 is 0 Å². The Bertz CT molecular complexity index is 323. The highest BCUT2D eigenvalue weighted by Crippen LogP contribution is 2.34. The van der Waals surface area contributed by atoms with Crippen molar-refractivity contribution in [2.75, 3.05) is 5.32 Å². The molecule has 0 radical (unpaired) electrons. The third-order valence-electron chi connectivity index (χ3n) is 2.90. The molecule has 0 spiro atoms. The standard InChI is InChI=1S/C12H17FN2/c1-2-10(7-9-3-4-9)15-11-5-6-14-12(13)8-11/h5-6,8-10H,2-4,7H2,1H3,(H,14,15). The molecule has 2 nitrogen and oxygen atoms in total. The Labute approximate surface area is 89.9 Å². The molecule has 0 saturated heterocycles. The van der Waals surface area contributed by atoms with E-state index < -0.39 is 5.95 Å². The number of anilines is 1. The van der Waals surface area contributed by atoms with E-state index in [2.05, 4.69) is 17.2 Å². The number of nitrogens with zero attached hydrogens (tertiary/aromatic N) is 1. The van der Waals surface area contributed by atoms with Gasteiger partial charge in [-0.2, -0.15) is 4.39 Å². The van der Waals surface area contributed by atoms with Gasteiger partial charge in [0, 0.05) is 24.0 Å². The summed E-state index contributed by atoms with van der Waals surface area (Å²) >= 11 is 0. The molecule has 3 heteroatoms. The summed E-state index contributed by atoms with van der Waals surface area (Å²) in [4.78, 5) is 3.54. The van der Waals surface area contributed by atoms with Gasteiger partial charge in [-0.3, -0.25) is 0 Å². The normalized spacial score (nSPS) is 17.5. The van der Waals surface area contributed by atoms with Gasteiger partial charge in [0.2, 0.25) is 5.95 Å². The summed E-state index contributed by atoms with van der Waals surface area (Å²) in [6.45, 7) is 2.16. The van der Waals surface area contributed by atoms with E-state index in [9.17, 15) is 4.39 Å². The van der Waals surface area contributed by atoms with Crippen LogP contribution in [0.1, 0.15) is 32.6 Å². The first-order chi connectivity index (χ1) is 7.28. The van der Waals surface area contributed by atoms with Crippen molar-refractivity contribution in [1.29, 1.82) is 0 Å². The summed E-state index contributed by atoms with van der Waals surface area (Å²) in [5.74, 6) is 0.482. The smallest absolute Gasteiger partial charge is 0.214 e. The predicted molar refractivity (Wildman–Crippen MR) is 59.2 cm³/mol. The summed E-state index contributed by atoms with van der Waals surface area (Å²) in [6, 6.07) is 3.74. The van der Waals surface area contributed by atoms with Crippen LogP contribution in [0.4, 0.5) is 10.1 Å². The number of pyridine rings is 1. The highest BCUT2D eigenvalue weighted by Gasteiger charge is 2.24. The van der Waals surface area contributed by atoms with Crippen molar-refractivity contribution >= 4 is 5.69 Å². The van der Waals surface area contributed by atoms with Gasteiger partial charge in [0.15, 0.2) is 0 Å². The molecule has 1 aliphatic carbocycles. The molecule has 1 N–H and O–H groups in total. The number of halogens is 1. The van der Waals surface area contributed by atoms with Crippen molar-refractivity contribution in [1.82, 2.24) is 4.98 Å². The van der Waals surface area contributed by atoms with Gasteiger partial charge in [-0.25, -0.2) is 4.98 Å². The molecule has 1 aliphatic rings. The second kappa shape index (κ2) is 4.60. The lowest BCUT2D eigenvalue weighted by Gasteiger charge is -2.17. The maximum Gasteiger partial charge on any atom is 0.214 e. The van der Waals surface area contributed by atoms with Gasteiger partial charge in [-0.05, 0) is 24.8 Å². The van der Waals surface area contributed by atoms with Crippen LogP contribution in [-0.4, -0.2) is 11.0 Å². The molecule has 1 heterocycles. The van der Waals surface area contributed by atoms with E-state index in [1.807, 2.05) is 6.07 Å². The van der Waals surface area contributed by atoms with Gasteiger partial charge in [-0.15, -0.1) is 0 Å². The van der Waals surface area contributed by atoms with E-state index in [1.165, 1.54) is 31.5 Å². The Hall–Kier alpha value is -1.12. The summed E-state index contributed by atoms with van der Waals surface area (Å²) in [5.41, 5.74) is 0.843. The molecule has 0 bridgehead atoms. The Kier molecular flexibility index (Phi) is 3.19. The summed E-state index contributed by atoms with van der Waals surface area (Å²) in [7, 11) is 0. The third-order valence-corrected chi connectivity index (χ3v) is 2.90. The number of hydrogen-bond acceptors (Lipinski definition) is 2. The SMILES string of the molecule is CCC(CC1CC1)Nc1ccnc(F)c1. The molecule has 82 valence electrons. The number of aromatic nitrogens is 1. The number of nitrogens with one attached hydrogen (secondary N) is 1. The highest BCUT2D eigenvalue weighted by atomic mass is 19.1. The minimum atomic E-state index is -0.415. The third kappa shape index (κ3) is 3.18. The van der Waals surface area contributed by atoms with E-state index in [0.717, 1.165) is 18.0 Å². The van der Waals surface area contributed by atoms with Crippen molar-refractivity contribution < 1.29 is 4.39 Å². The van der Waals surface area contributed by atoms with E-state index >= 15 is 0 Å². The number of rotatable bonds is 5. The first-order valence-electron chi connectivity index (χ1n) is 5.66. The fourth-order valence-corrected chi connectivity index (χ4v) is 1.81. The van der Waals surface area contributed by atoms with E-state index in [-0.39, 0.29) is 0 Å². The van der Waals surface area contributed by atoms with Gasteiger partial charge in [0.05, 0.1) is 0 Å². The molecule has 15 heavy (non-hydrogen) atoms. The lowest BCUT2D eigenvalue weighted by Crippen LogP contribution is -2.19. The van der Waals surface area contributed by atoms with Gasteiger partial charge in [0.25, 0.3) is 0 Å². The van der Waals surface area contributed by atoms with Crippen LogP contribution in [-0.2, 0) is 0 Å². The topological polar surface area (TPSA) is 24.9 Å². The molecular formula is C12H17FN2. The van der Waals surface area contributed by atoms with Crippen molar-refractivity contribution in [2.24, 2.45) is 5.92 Å². The van der Waals surface area contributed by atoms with Crippen molar-refractivity contribution in [3.63, 3.8) is 0 Å². The summed E-state index contributed by atoms with van der Waals surface area (Å²) < 4.78 is 12.8. The largest absolute Gasteiger partial charge is 0.382 e. The van der Waals surface area contributed by atoms with E-state index in [1.54, 1.807) is 0 Å². The van der Waals surface area contributed by atoms with Crippen molar-refractivity contribution in [2.45, 2.75) is 38.6 Å². The van der Waals surface area contributed by atoms with Crippen LogP contribution in [0.5, 0.6) is 0 Å². The molecule has 0 amide bonds. The second-order valence-corrected chi connectivity index (χ2v) is 4.30. The van der Waals surface area contributed by atoms with Gasteiger partial charge < -0.3 is 5.32 Å². The second-order valence-electron chi connectivity index (χ2n) is 4.30. The first-order valence-corrected chi connectivity index (χ1v) is 5.66. The Morgan fingerprint density at radius 3 is 3.00 bits per heavy atom. The first kappa shape index (κ1) is 10.4. The fraction of sp³-hybridized carbons (Fsp3) is 0.583. The van der Waals surface area contributed by atoms with Crippen LogP contribution >= 0.6 is 0 Å². The van der Waals surface area contributed by atoms with E-state index in [4.69, 9.17) is 0 Å². The summed E-state index contributed by atoms with van der Waals surface area (Å²) in [6.07, 6.45) is 6.52. The van der Waals surface area contributed by atoms with Crippen LogP contribution in [0.25, 0.3) is 0 Å². The molecule has 0 aromatic carbocycles. The van der Waals surface area contributed by atoms with Crippen LogP contribution in [0.2, 0.25) is 0 Å². The van der Waals surface area contributed by atoms with Crippen LogP contribution in [0, 0.1) is 11.9 Å². The minimum absolute atomic E-state index is 0.415. The lowest BCUT2D eigenvalue weighted by atomic mass is 10.1. The zero-order chi connectivity index (χ0) is 10.7. The van der Waals surface area contributed by atoms with Gasteiger partial charge in [0.1, 0.15) is 0 Å². The lowest BCUT2D eigenvalue weighted by molar-refractivity contribution is 0.575. The van der Waals surface area contributed by atoms with Crippen LogP contribution in [0.15, 0.2) is 18.3 Å². The zero-order valence-electron chi connectivity index (χ0n) is 9.04. The Morgan fingerprint density at radius 2 is 2.40 bits per heavy atom. The molecular weight excluding hydrogens is 191 g/mol. The molecule has 1 unspecified atom stereocenters. The quantitative estimate of drug-likeness (QED) is 0.751. The predicted octanol–water partition coefficient (Wildman–Crippen LogP) is 3.21. The zero-order valence-corrected chi connectivity index (χ0v) is 9.04. The Balaban J connectivity index is 1.92.